The number of ether oxygens (including phenoxy) is 1. The van der Waals surface area contributed by atoms with Gasteiger partial charge in [-0.15, -0.1) is 0 Å². The highest BCUT2D eigenvalue weighted by molar-refractivity contribution is 5.77. The van der Waals surface area contributed by atoms with Crippen LogP contribution in [0.25, 0.3) is 0 Å². The lowest BCUT2D eigenvalue weighted by Crippen LogP contribution is -2.39. The summed E-state index contributed by atoms with van der Waals surface area (Å²) < 4.78 is 7.47. The fraction of sp³-hybridized carbons (Fsp3) is 0.733. The number of carbonyl (C=O) groups is 1. The van der Waals surface area contributed by atoms with Gasteiger partial charge in [0.05, 0.1) is 24.9 Å². The first-order valence-corrected chi connectivity index (χ1v) is 7.62. The van der Waals surface area contributed by atoms with Crippen molar-refractivity contribution in [3.8, 4) is 0 Å². The molecule has 0 aromatic carbocycles. The Morgan fingerprint density at radius 2 is 2.38 bits per heavy atom. The lowest BCUT2D eigenvalue weighted by atomic mass is 10.2. The van der Waals surface area contributed by atoms with Crippen molar-refractivity contribution in [2.24, 2.45) is 0 Å². The largest absolute Gasteiger partial charge is 0.376 e. The molecule has 118 valence electrons. The molecule has 1 atom stereocenters. The summed E-state index contributed by atoms with van der Waals surface area (Å²) >= 11 is 0. The van der Waals surface area contributed by atoms with Crippen molar-refractivity contribution < 1.29 is 9.53 Å². The average molecular weight is 294 g/mol. The molecule has 2 heterocycles. The second-order valence-corrected chi connectivity index (χ2v) is 5.83. The van der Waals surface area contributed by atoms with E-state index in [1.807, 2.05) is 30.5 Å². The molecule has 0 bridgehead atoms. The molecular weight excluding hydrogens is 268 g/mol. The maximum atomic E-state index is 11.9. The van der Waals surface area contributed by atoms with Crippen LogP contribution in [0, 0.1) is 13.8 Å². The summed E-state index contributed by atoms with van der Waals surface area (Å²) in [5, 5.41) is 7.36. The van der Waals surface area contributed by atoms with Crippen LogP contribution in [0.15, 0.2) is 6.07 Å². The molecule has 1 aromatic heterocycles. The SMILES string of the molecule is Cc1cc(C)n(CCN(C)CC(=O)NC[C@H]2CCCO2)n1. The highest BCUT2D eigenvalue weighted by Crippen LogP contribution is 2.10. The third kappa shape index (κ3) is 5.13. The Kier molecular flexibility index (Phi) is 5.76. The minimum atomic E-state index is 0.0568. The number of nitrogens with zero attached hydrogens (tertiary/aromatic N) is 3. The van der Waals surface area contributed by atoms with Gasteiger partial charge >= 0.3 is 0 Å². The van der Waals surface area contributed by atoms with Crippen molar-refractivity contribution in [1.29, 1.82) is 0 Å². The fourth-order valence-electron chi connectivity index (χ4n) is 2.58. The number of aromatic nitrogens is 2. The van der Waals surface area contributed by atoms with Gasteiger partial charge in [-0.05, 0) is 39.8 Å². The smallest absolute Gasteiger partial charge is 0.234 e. The molecule has 0 aliphatic carbocycles. The van der Waals surface area contributed by atoms with Gasteiger partial charge in [0.1, 0.15) is 0 Å². The molecule has 0 radical (unpaired) electrons. The van der Waals surface area contributed by atoms with Crippen LogP contribution in [-0.4, -0.2) is 60.0 Å². The van der Waals surface area contributed by atoms with E-state index >= 15 is 0 Å². The minimum absolute atomic E-state index is 0.0568. The highest BCUT2D eigenvalue weighted by Gasteiger charge is 2.16. The van der Waals surface area contributed by atoms with Crippen LogP contribution in [0.1, 0.15) is 24.2 Å². The van der Waals surface area contributed by atoms with Crippen LogP contribution < -0.4 is 5.32 Å². The Hall–Kier alpha value is -1.40. The second kappa shape index (κ2) is 7.56. The molecule has 1 aromatic rings. The van der Waals surface area contributed by atoms with E-state index in [-0.39, 0.29) is 12.0 Å². The molecule has 21 heavy (non-hydrogen) atoms. The molecule has 1 fully saturated rings. The maximum Gasteiger partial charge on any atom is 0.234 e. The lowest BCUT2D eigenvalue weighted by molar-refractivity contribution is -0.122. The molecule has 6 nitrogen and oxygen atoms in total. The fourth-order valence-corrected chi connectivity index (χ4v) is 2.58. The maximum absolute atomic E-state index is 11.9. The molecule has 1 aliphatic heterocycles. The van der Waals surface area contributed by atoms with Crippen molar-refractivity contribution in [1.82, 2.24) is 20.0 Å². The number of aryl methyl sites for hydroxylation is 2. The molecule has 1 aliphatic rings. The first-order chi connectivity index (χ1) is 10.0. The third-order valence-corrected chi connectivity index (χ3v) is 3.76. The van der Waals surface area contributed by atoms with E-state index in [0.29, 0.717) is 13.1 Å². The van der Waals surface area contributed by atoms with Gasteiger partial charge in [0.15, 0.2) is 0 Å². The van der Waals surface area contributed by atoms with Gasteiger partial charge in [-0.1, -0.05) is 0 Å². The summed E-state index contributed by atoms with van der Waals surface area (Å²) in [7, 11) is 1.96. The summed E-state index contributed by atoms with van der Waals surface area (Å²) in [4.78, 5) is 13.9. The predicted molar refractivity (Wildman–Crippen MR) is 81.2 cm³/mol. The summed E-state index contributed by atoms with van der Waals surface area (Å²) in [5.74, 6) is 0.0568. The van der Waals surface area contributed by atoms with Gasteiger partial charge in [0.2, 0.25) is 5.91 Å². The van der Waals surface area contributed by atoms with E-state index in [1.54, 1.807) is 0 Å². The zero-order chi connectivity index (χ0) is 15.2. The molecule has 0 spiro atoms. The summed E-state index contributed by atoms with van der Waals surface area (Å²) in [6, 6.07) is 2.06. The van der Waals surface area contributed by atoms with Crippen LogP contribution in [-0.2, 0) is 16.1 Å². The van der Waals surface area contributed by atoms with Crippen LogP contribution in [0.4, 0.5) is 0 Å². The van der Waals surface area contributed by atoms with Crippen molar-refractivity contribution >= 4 is 5.91 Å². The molecule has 0 saturated carbocycles. The number of rotatable bonds is 7. The van der Waals surface area contributed by atoms with Crippen molar-refractivity contribution in [2.75, 3.05) is 33.3 Å². The first kappa shape index (κ1) is 16.0. The van der Waals surface area contributed by atoms with Crippen LogP contribution in [0.5, 0.6) is 0 Å². The number of carbonyl (C=O) groups excluding carboxylic acids is 1. The van der Waals surface area contributed by atoms with Gasteiger partial charge in [-0.25, -0.2) is 0 Å². The van der Waals surface area contributed by atoms with Crippen LogP contribution in [0.3, 0.4) is 0 Å². The highest BCUT2D eigenvalue weighted by atomic mass is 16.5. The Balaban J connectivity index is 1.65. The lowest BCUT2D eigenvalue weighted by Gasteiger charge is -2.17. The van der Waals surface area contributed by atoms with Gasteiger partial charge in [0, 0.05) is 25.4 Å². The van der Waals surface area contributed by atoms with E-state index in [0.717, 1.165) is 43.9 Å². The Bertz CT molecular complexity index is 466. The Labute approximate surface area is 126 Å². The normalized spacial score (nSPS) is 18.4. The van der Waals surface area contributed by atoms with Gasteiger partial charge < -0.3 is 10.1 Å². The summed E-state index contributed by atoms with van der Waals surface area (Å²) in [6.45, 7) is 7.50. The van der Waals surface area contributed by atoms with Crippen LogP contribution >= 0.6 is 0 Å². The van der Waals surface area contributed by atoms with E-state index in [2.05, 4.69) is 16.5 Å². The Morgan fingerprint density at radius 3 is 3.00 bits per heavy atom. The number of nitrogens with one attached hydrogen (secondary N) is 1. The van der Waals surface area contributed by atoms with Crippen molar-refractivity contribution in [2.45, 2.75) is 39.3 Å². The molecule has 2 rings (SSSR count). The standard InChI is InChI=1S/C15H26N4O2/c1-12-9-13(2)19(17-12)7-6-18(3)11-15(20)16-10-14-5-4-8-21-14/h9,14H,4-8,10-11H2,1-3H3,(H,16,20)/t14-/m1/s1. The first-order valence-electron chi connectivity index (χ1n) is 7.62. The van der Waals surface area contributed by atoms with Gasteiger partial charge in [-0.2, -0.15) is 5.10 Å². The molecular formula is C15H26N4O2. The quantitative estimate of drug-likeness (QED) is 0.805. The molecule has 1 saturated heterocycles. The minimum Gasteiger partial charge on any atom is -0.376 e. The average Bonchev–Trinajstić information content (AvgIpc) is 3.04. The zero-order valence-electron chi connectivity index (χ0n) is 13.3. The van der Waals surface area contributed by atoms with Crippen molar-refractivity contribution in [3.05, 3.63) is 17.5 Å². The zero-order valence-corrected chi connectivity index (χ0v) is 13.3. The molecule has 1 N–H and O–H groups in total. The van der Waals surface area contributed by atoms with E-state index in [1.165, 1.54) is 0 Å². The van der Waals surface area contributed by atoms with Crippen LogP contribution in [0.2, 0.25) is 0 Å². The van der Waals surface area contributed by atoms with E-state index < -0.39 is 0 Å². The van der Waals surface area contributed by atoms with E-state index in [4.69, 9.17) is 4.74 Å². The number of amides is 1. The molecule has 0 unspecified atom stereocenters. The van der Waals surface area contributed by atoms with Gasteiger partial charge in [-0.3, -0.25) is 14.4 Å². The van der Waals surface area contributed by atoms with Crippen molar-refractivity contribution in [3.63, 3.8) is 0 Å². The third-order valence-electron chi connectivity index (χ3n) is 3.76. The topological polar surface area (TPSA) is 59.4 Å². The summed E-state index contributed by atoms with van der Waals surface area (Å²) in [5.41, 5.74) is 2.19. The monoisotopic (exact) mass is 294 g/mol. The van der Waals surface area contributed by atoms with E-state index in [9.17, 15) is 4.79 Å². The number of hydrogen-bond donors (Lipinski definition) is 1. The predicted octanol–water partition coefficient (Wildman–Crippen LogP) is 0.727. The molecule has 1 amide bonds. The Morgan fingerprint density at radius 1 is 1.57 bits per heavy atom. The number of hydrogen-bond acceptors (Lipinski definition) is 4. The second-order valence-electron chi connectivity index (χ2n) is 5.83. The number of likely N-dealkylation sites (N-methyl/N-ethyl adjacent to an activating group) is 1. The van der Waals surface area contributed by atoms with Gasteiger partial charge in [0.25, 0.3) is 0 Å². The summed E-state index contributed by atoms with van der Waals surface area (Å²) in [6.07, 6.45) is 2.35. The molecule has 6 heteroatoms.